The van der Waals surface area contributed by atoms with Gasteiger partial charge in [0.05, 0.1) is 24.3 Å². The molecule has 1 aliphatic rings. The van der Waals surface area contributed by atoms with Gasteiger partial charge in [-0.05, 0) is 37.8 Å². The molecule has 1 heterocycles. The molecule has 1 aromatic heterocycles. The fraction of sp³-hybridized carbons (Fsp3) is 0.526. The SMILES string of the molecule is C=CCC(C#N)(C#N)[C@@H](c1ccco1)[C@@]1(CC)CCCCC1=O. The van der Waals surface area contributed by atoms with E-state index in [2.05, 4.69) is 18.7 Å². The number of allylic oxidation sites excluding steroid dienone is 1. The highest BCUT2D eigenvalue weighted by molar-refractivity contribution is 5.87. The molecular weight excluding hydrogens is 288 g/mol. The van der Waals surface area contributed by atoms with Gasteiger partial charge in [-0.25, -0.2) is 0 Å². The van der Waals surface area contributed by atoms with Crippen molar-refractivity contribution in [3.05, 3.63) is 36.8 Å². The van der Waals surface area contributed by atoms with Crippen molar-refractivity contribution in [1.29, 1.82) is 10.5 Å². The van der Waals surface area contributed by atoms with Crippen molar-refractivity contribution in [2.24, 2.45) is 10.8 Å². The first kappa shape index (κ1) is 17.0. The lowest BCUT2D eigenvalue weighted by Crippen LogP contribution is -2.46. The van der Waals surface area contributed by atoms with Crippen LogP contribution in [-0.4, -0.2) is 5.78 Å². The van der Waals surface area contributed by atoms with Crippen LogP contribution < -0.4 is 0 Å². The molecule has 0 N–H and O–H groups in total. The Bertz CT molecular complexity index is 634. The van der Waals surface area contributed by atoms with Crippen LogP contribution in [0.2, 0.25) is 0 Å². The summed E-state index contributed by atoms with van der Waals surface area (Å²) in [4.78, 5) is 12.9. The molecule has 2 atom stereocenters. The Morgan fingerprint density at radius 2 is 2.22 bits per heavy atom. The average molecular weight is 310 g/mol. The van der Waals surface area contributed by atoms with Crippen molar-refractivity contribution in [3.8, 4) is 12.1 Å². The van der Waals surface area contributed by atoms with E-state index in [0.29, 0.717) is 25.0 Å². The van der Waals surface area contributed by atoms with Gasteiger partial charge >= 0.3 is 0 Å². The average Bonchev–Trinajstić information content (AvgIpc) is 3.10. The molecule has 4 nitrogen and oxygen atoms in total. The highest BCUT2D eigenvalue weighted by atomic mass is 16.3. The molecule has 23 heavy (non-hydrogen) atoms. The third kappa shape index (κ3) is 2.70. The molecule has 2 rings (SSSR count). The second kappa shape index (κ2) is 6.84. The standard InChI is InChI=1S/C19H22N2O2/c1-3-10-18(13-20,14-21)17(15-8-7-12-23-15)19(4-2)11-6-5-9-16(19)22/h3,7-8,12,17H,1,4-6,9-11H2,2H3/t17-,19+/m1/s1. The summed E-state index contributed by atoms with van der Waals surface area (Å²) >= 11 is 0. The van der Waals surface area contributed by atoms with Gasteiger partial charge in [-0.1, -0.05) is 19.4 Å². The van der Waals surface area contributed by atoms with E-state index in [1.54, 1.807) is 18.2 Å². The van der Waals surface area contributed by atoms with Crippen LogP contribution in [0.3, 0.4) is 0 Å². The summed E-state index contributed by atoms with van der Waals surface area (Å²) in [5, 5.41) is 19.7. The Hall–Kier alpha value is -2.33. The van der Waals surface area contributed by atoms with Gasteiger partial charge in [0.25, 0.3) is 0 Å². The number of ketones is 1. The maximum atomic E-state index is 12.9. The second-order valence-electron chi connectivity index (χ2n) is 6.28. The quantitative estimate of drug-likeness (QED) is 0.724. The zero-order valence-corrected chi connectivity index (χ0v) is 13.5. The highest BCUT2D eigenvalue weighted by Gasteiger charge is 2.56. The van der Waals surface area contributed by atoms with Crippen LogP contribution >= 0.6 is 0 Å². The topological polar surface area (TPSA) is 77.8 Å². The number of hydrogen-bond acceptors (Lipinski definition) is 4. The molecule has 1 fully saturated rings. The van der Waals surface area contributed by atoms with Gasteiger partial charge in [-0.3, -0.25) is 4.79 Å². The fourth-order valence-electron chi connectivity index (χ4n) is 4.03. The first-order valence-electron chi connectivity index (χ1n) is 8.10. The summed E-state index contributed by atoms with van der Waals surface area (Å²) in [5.41, 5.74) is -2.06. The first-order valence-corrected chi connectivity index (χ1v) is 8.10. The number of carbonyl (C=O) groups excluding carboxylic acids is 1. The summed E-state index contributed by atoms with van der Waals surface area (Å²) in [7, 11) is 0. The van der Waals surface area contributed by atoms with Gasteiger partial charge in [0.15, 0.2) is 5.41 Å². The molecule has 0 radical (unpaired) electrons. The molecule has 1 aliphatic carbocycles. The van der Waals surface area contributed by atoms with E-state index in [1.807, 2.05) is 6.92 Å². The number of furan rings is 1. The molecule has 0 bridgehead atoms. The number of nitrogens with zero attached hydrogens (tertiary/aromatic N) is 2. The maximum absolute atomic E-state index is 12.9. The summed E-state index contributed by atoms with van der Waals surface area (Å²) < 4.78 is 5.59. The molecule has 0 unspecified atom stereocenters. The monoisotopic (exact) mass is 310 g/mol. The predicted octanol–water partition coefficient (Wildman–Crippen LogP) is 4.51. The number of carbonyl (C=O) groups is 1. The van der Waals surface area contributed by atoms with E-state index < -0.39 is 16.7 Å². The first-order chi connectivity index (χ1) is 11.1. The Balaban J connectivity index is 2.68. The molecule has 0 aliphatic heterocycles. The van der Waals surface area contributed by atoms with Crippen molar-refractivity contribution >= 4 is 5.78 Å². The van der Waals surface area contributed by atoms with E-state index in [0.717, 1.165) is 12.8 Å². The Morgan fingerprint density at radius 3 is 2.70 bits per heavy atom. The normalized spacial score (nSPS) is 22.8. The van der Waals surface area contributed by atoms with E-state index in [4.69, 9.17) is 4.42 Å². The van der Waals surface area contributed by atoms with Crippen molar-refractivity contribution < 1.29 is 9.21 Å². The molecule has 0 aromatic carbocycles. The van der Waals surface area contributed by atoms with Crippen molar-refractivity contribution in [2.75, 3.05) is 0 Å². The molecule has 1 saturated carbocycles. The van der Waals surface area contributed by atoms with E-state index >= 15 is 0 Å². The fourth-order valence-corrected chi connectivity index (χ4v) is 4.03. The molecule has 1 aromatic rings. The van der Waals surface area contributed by atoms with Crippen LogP contribution in [0.1, 0.15) is 57.1 Å². The lowest BCUT2D eigenvalue weighted by atomic mass is 9.54. The molecule has 0 amide bonds. The zero-order chi connectivity index (χ0) is 16.9. The third-order valence-electron chi connectivity index (χ3n) is 5.20. The summed E-state index contributed by atoms with van der Waals surface area (Å²) in [6.07, 6.45) is 6.92. The Kier molecular flexibility index (Phi) is 5.06. The van der Waals surface area contributed by atoms with Crippen molar-refractivity contribution in [2.45, 2.75) is 51.4 Å². The summed E-state index contributed by atoms with van der Waals surface area (Å²) in [5.74, 6) is 0.120. The largest absolute Gasteiger partial charge is 0.469 e. The Morgan fingerprint density at radius 1 is 1.48 bits per heavy atom. The van der Waals surface area contributed by atoms with E-state index in [9.17, 15) is 15.3 Å². The smallest absolute Gasteiger partial charge is 0.158 e. The lowest BCUT2D eigenvalue weighted by Gasteiger charge is -2.45. The molecule has 0 spiro atoms. The molecule has 120 valence electrons. The minimum absolute atomic E-state index is 0.145. The molecular formula is C19H22N2O2. The van der Waals surface area contributed by atoms with Gasteiger partial charge in [-0.2, -0.15) is 10.5 Å². The third-order valence-corrected chi connectivity index (χ3v) is 5.20. The van der Waals surface area contributed by atoms with Crippen molar-refractivity contribution in [3.63, 3.8) is 0 Å². The highest BCUT2D eigenvalue weighted by Crippen LogP contribution is 2.56. The maximum Gasteiger partial charge on any atom is 0.158 e. The van der Waals surface area contributed by atoms with Crippen LogP contribution in [0, 0.1) is 33.5 Å². The van der Waals surface area contributed by atoms with Gasteiger partial charge in [-0.15, -0.1) is 6.58 Å². The number of hydrogen-bond donors (Lipinski definition) is 0. The van der Waals surface area contributed by atoms with Gasteiger partial charge in [0.2, 0.25) is 0 Å². The van der Waals surface area contributed by atoms with Crippen LogP contribution in [0.15, 0.2) is 35.5 Å². The van der Waals surface area contributed by atoms with Crippen LogP contribution in [0.4, 0.5) is 0 Å². The van der Waals surface area contributed by atoms with Crippen LogP contribution in [0.25, 0.3) is 0 Å². The molecule has 0 saturated heterocycles. The van der Waals surface area contributed by atoms with Gasteiger partial charge in [0.1, 0.15) is 11.5 Å². The summed E-state index contributed by atoms with van der Waals surface area (Å²) in [6, 6.07) is 7.89. The lowest BCUT2D eigenvalue weighted by molar-refractivity contribution is -0.135. The van der Waals surface area contributed by atoms with Crippen molar-refractivity contribution in [1.82, 2.24) is 0 Å². The second-order valence-corrected chi connectivity index (χ2v) is 6.28. The minimum atomic E-state index is -1.34. The van der Waals surface area contributed by atoms with Crippen LogP contribution in [0.5, 0.6) is 0 Å². The number of nitriles is 2. The van der Waals surface area contributed by atoms with E-state index in [-0.39, 0.29) is 12.2 Å². The minimum Gasteiger partial charge on any atom is -0.469 e. The zero-order valence-electron chi connectivity index (χ0n) is 13.5. The predicted molar refractivity (Wildman–Crippen MR) is 86.1 cm³/mol. The van der Waals surface area contributed by atoms with Gasteiger partial charge < -0.3 is 4.42 Å². The molecule has 4 heteroatoms. The van der Waals surface area contributed by atoms with Gasteiger partial charge in [0, 0.05) is 11.8 Å². The number of Topliss-reactive ketones (excluding diaryl/α,β-unsaturated/α-hetero) is 1. The van der Waals surface area contributed by atoms with E-state index in [1.165, 1.54) is 6.26 Å². The summed E-state index contributed by atoms with van der Waals surface area (Å²) in [6.45, 7) is 5.66. The number of rotatable bonds is 6. The Labute approximate surface area is 137 Å². The van der Waals surface area contributed by atoms with Crippen LogP contribution in [-0.2, 0) is 4.79 Å².